The predicted molar refractivity (Wildman–Crippen MR) is 142 cm³/mol. The first kappa shape index (κ1) is 26.4. The number of nitrogens with zero attached hydrogens (tertiary/aromatic N) is 2. The van der Waals surface area contributed by atoms with Crippen LogP contribution < -0.4 is 20.1 Å². The monoisotopic (exact) mass is 562 g/mol. The van der Waals surface area contributed by atoms with Crippen molar-refractivity contribution in [1.29, 1.82) is 0 Å². The zero-order valence-corrected chi connectivity index (χ0v) is 21.2. The highest BCUT2D eigenvalue weighted by Crippen LogP contribution is 2.23. The van der Waals surface area contributed by atoms with Gasteiger partial charge in [0.15, 0.2) is 5.96 Å². The van der Waals surface area contributed by atoms with Crippen molar-refractivity contribution in [3.05, 3.63) is 84.1 Å². The summed E-state index contributed by atoms with van der Waals surface area (Å²) in [5.41, 5.74) is 2.05. The lowest BCUT2D eigenvalue weighted by Crippen LogP contribution is -2.39. The SMILES string of the molecule is CCNC(=NCc1ccc(Oc2cccc(OC)c2)nc1)NCC(CO)c1ccccc1.I. The van der Waals surface area contributed by atoms with Crippen molar-refractivity contribution in [2.24, 2.45) is 4.99 Å². The van der Waals surface area contributed by atoms with Gasteiger partial charge in [0.2, 0.25) is 5.88 Å². The number of rotatable bonds is 10. The third kappa shape index (κ3) is 8.54. The Kier molecular flexibility index (Phi) is 11.5. The van der Waals surface area contributed by atoms with Crippen LogP contribution >= 0.6 is 24.0 Å². The Hall–Kier alpha value is -2.85. The van der Waals surface area contributed by atoms with Gasteiger partial charge in [-0.25, -0.2) is 9.98 Å². The van der Waals surface area contributed by atoms with E-state index in [9.17, 15) is 5.11 Å². The number of hydrogen-bond acceptors (Lipinski definition) is 5. The van der Waals surface area contributed by atoms with Crippen molar-refractivity contribution in [1.82, 2.24) is 15.6 Å². The molecule has 176 valence electrons. The van der Waals surface area contributed by atoms with Crippen LogP contribution in [0.1, 0.15) is 24.0 Å². The number of hydrogen-bond donors (Lipinski definition) is 3. The van der Waals surface area contributed by atoms with E-state index in [4.69, 9.17) is 9.47 Å². The minimum Gasteiger partial charge on any atom is -0.497 e. The lowest BCUT2D eigenvalue weighted by atomic mass is 10.0. The Labute approximate surface area is 212 Å². The molecule has 0 amide bonds. The molecular formula is C25H31IN4O3. The molecule has 0 saturated heterocycles. The molecule has 0 bridgehead atoms. The highest BCUT2D eigenvalue weighted by Gasteiger charge is 2.11. The van der Waals surface area contributed by atoms with Crippen LogP contribution in [0, 0.1) is 0 Å². The molecule has 0 fully saturated rings. The maximum absolute atomic E-state index is 9.76. The number of benzene rings is 2. The molecule has 1 atom stereocenters. The molecule has 1 unspecified atom stereocenters. The first-order chi connectivity index (χ1) is 15.7. The van der Waals surface area contributed by atoms with Gasteiger partial charge >= 0.3 is 0 Å². The van der Waals surface area contributed by atoms with E-state index in [1.54, 1.807) is 13.3 Å². The van der Waals surface area contributed by atoms with Crippen molar-refractivity contribution in [3.8, 4) is 17.4 Å². The number of pyridine rings is 1. The first-order valence-electron chi connectivity index (χ1n) is 10.7. The van der Waals surface area contributed by atoms with E-state index in [-0.39, 0.29) is 36.5 Å². The fraction of sp³-hybridized carbons (Fsp3) is 0.280. The summed E-state index contributed by atoms with van der Waals surface area (Å²) in [6.07, 6.45) is 1.75. The molecule has 1 heterocycles. The van der Waals surface area contributed by atoms with Gasteiger partial charge in [0.25, 0.3) is 0 Å². The van der Waals surface area contributed by atoms with Crippen molar-refractivity contribution in [2.75, 3.05) is 26.8 Å². The maximum atomic E-state index is 9.76. The van der Waals surface area contributed by atoms with Crippen LogP contribution in [0.15, 0.2) is 77.9 Å². The van der Waals surface area contributed by atoms with E-state index in [2.05, 4.69) is 20.6 Å². The number of methoxy groups -OCH3 is 1. The van der Waals surface area contributed by atoms with Crippen molar-refractivity contribution < 1.29 is 14.6 Å². The Morgan fingerprint density at radius 2 is 1.82 bits per heavy atom. The highest BCUT2D eigenvalue weighted by molar-refractivity contribution is 14.0. The molecule has 1 aromatic heterocycles. The number of guanidine groups is 1. The Morgan fingerprint density at radius 3 is 2.48 bits per heavy atom. The molecular weight excluding hydrogens is 531 g/mol. The second-order valence-electron chi connectivity index (χ2n) is 7.15. The van der Waals surface area contributed by atoms with Crippen LogP contribution in [-0.2, 0) is 6.54 Å². The van der Waals surface area contributed by atoms with E-state index in [0.29, 0.717) is 30.7 Å². The van der Waals surface area contributed by atoms with Crippen LogP contribution in [0.3, 0.4) is 0 Å². The number of halogens is 1. The van der Waals surface area contributed by atoms with Gasteiger partial charge in [-0.1, -0.05) is 42.5 Å². The summed E-state index contributed by atoms with van der Waals surface area (Å²) < 4.78 is 11.0. The van der Waals surface area contributed by atoms with Crippen molar-refractivity contribution in [2.45, 2.75) is 19.4 Å². The molecule has 33 heavy (non-hydrogen) atoms. The molecule has 8 heteroatoms. The molecule has 0 aliphatic heterocycles. The molecule has 3 aromatic rings. The predicted octanol–water partition coefficient (Wildman–Crippen LogP) is 4.33. The summed E-state index contributed by atoms with van der Waals surface area (Å²) in [6.45, 7) is 3.88. The lowest BCUT2D eigenvalue weighted by Gasteiger charge is -2.18. The molecule has 0 spiro atoms. The van der Waals surface area contributed by atoms with Gasteiger partial charge in [-0.3, -0.25) is 0 Å². The molecule has 0 radical (unpaired) electrons. The van der Waals surface area contributed by atoms with Crippen LogP contribution in [0.25, 0.3) is 0 Å². The van der Waals surface area contributed by atoms with Crippen molar-refractivity contribution >= 4 is 29.9 Å². The molecule has 7 nitrogen and oxygen atoms in total. The van der Waals surface area contributed by atoms with E-state index in [0.717, 1.165) is 23.4 Å². The summed E-state index contributed by atoms with van der Waals surface area (Å²) >= 11 is 0. The molecule has 3 N–H and O–H groups in total. The minimum absolute atomic E-state index is 0. The standard InChI is InChI=1S/C25H30N4O3.HI/c1-3-26-25(29-17-21(18-30)20-8-5-4-6-9-20)28-16-19-12-13-24(27-15-19)32-23-11-7-10-22(14-23)31-2;/h4-15,21,30H,3,16-18H2,1-2H3,(H2,26,28,29);1H. The van der Waals surface area contributed by atoms with Gasteiger partial charge in [-0.15, -0.1) is 24.0 Å². The van der Waals surface area contributed by atoms with Crippen molar-refractivity contribution in [3.63, 3.8) is 0 Å². The van der Waals surface area contributed by atoms with E-state index in [1.807, 2.05) is 73.7 Å². The Morgan fingerprint density at radius 1 is 1.03 bits per heavy atom. The number of aliphatic imine (C=N–C) groups is 1. The highest BCUT2D eigenvalue weighted by atomic mass is 127. The number of aliphatic hydroxyl groups excluding tert-OH is 1. The first-order valence-corrected chi connectivity index (χ1v) is 10.7. The summed E-state index contributed by atoms with van der Waals surface area (Å²) in [4.78, 5) is 9.01. The lowest BCUT2D eigenvalue weighted by molar-refractivity contribution is 0.265. The van der Waals surface area contributed by atoms with Crippen LogP contribution in [0.2, 0.25) is 0 Å². The van der Waals surface area contributed by atoms with Gasteiger partial charge in [-0.05, 0) is 30.2 Å². The van der Waals surface area contributed by atoms with E-state index in [1.165, 1.54) is 0 Å². The topological polar surface area (TPSA) is 88.0 Å². The molecule has 0 aliphatic rings. The summed E-state index contributed by atoms with van der Waals surface area (Å²) in [5.74, 6) is 2.59. The fourth-order valence-corrected chi connectivity index (χ4v) is 3.10. The van der Waals surface area contributed by atoms with Gasteiger partial charge < -0.3 is 25.2 Å². The van der Waals surface area contributed by atoms with Crippen LogP contribution in [0.5, 0.6) is 17.4 Å². The molecule has 0 saturated carbocycles. The van der Waals surface area contributed by atoms with E-state index < -0.39 is 0 Å². The van der Waals surface area contributed by atoms with Gasteiger partial charge in [0.05, 0.1) is 20.3 Å². The quantitative estimate of drug-likeness (QED) is 0.194. The third-order valence-electron chi connectivity index (χ3n) is 4.83. The summed E-state index contributed by atoms with van der Waals surface area (Å²) in [6, 6.07) is 21.1. The number of nitrogens with one attached hydrogen (secondary N) is 2. The van der Waals surface area contributed by atoms with Crippen LogP contribution in [-0.4, -0.2) is 42.9 Å². The fourth-order valence-electron chi connectivity index (χ4n) is 3.10. The summed E-state index contributed by atoms with van der Waals surface area (Å²) in [7, 11) is 1.62. The minimum atomic E-state index is -0.00485. The zero-order chi connectivity index (χ0) is 22.6. The Bertz CT molecular complexity index is 984. The normalized spacial score (nSPS) is 11.8. The molecule has 2 aromatic carbocycles. The second-order valence-corrected chi connectivity index (χ2v) is 7.15. The largest absolute Gasteiger partial charge is 0.497 e. The third-order valence-corrected chi connectivity index (χ3v) is 4.83. The second kappa shape index (κ2) is 14.3. The summed E-state index contributed by atoms with van der Waals surface area (Å²) in [5, 5.41) is 16.3. The number of aliphatic hydroxyl groups is 1. The average Bonchev–Trinajstić information content (AvgIpc) is 2.84. The molecule has 0 aliphatic carbocycles. The van der Waals surface area contributed by atoms with Crippen LogP contribution in [0.4, 0.5) is 0 Å². The number of ether oxygens (including phenoxy) is 2. The van der Waals surface area contributed by atoms with E-state index >= 15 is 0 Å². The van der Waals surface area contributed by atoms with Gasteiger partial charge in [0, 0.05) is 37.3 Å². The zero-order valence-electron chi connectivity index (χ0n) is 18.9. The average molecular weight is 562 g/mol. The van der Waals surface area contributed by atoms with Gasteiger partial charge in [0.1, 0.15) is 11.5 Å². The Balaban J connectivity index is 0.00000385. The number of aromatic nitrogens is 1. The maximum Gasteiger partial charge on any atom is 0.219 e. The molecule has 3 rings (SSSR count). The van der Waals surface area contributed by atoms with Gasteiger partial charge in [-0.2, -0.15) is 0 Å². The smallest absolute Gasteiger partial charge is 0.219 e.